The van der Waals surface area contributed by atoms with E-state index in [-0.39, 0.29) is 6.04 Å². The molecule has 4 unspecified atom stereocenters. The summed E-state index contributed by atoms with van der Waals surface area (Å²) >= 11 is 0. The van der Waals surface area contributed by atoms with Crippen LogP contribution in [0, 0.1) is 18.3 Å². The Kier molecular flexibility index (Phi) is 4.07. The van der Waals surface area contributed by atoms with Crippen LogP contribution < -0.4 is 10.6 Å². The molecule has 0 radical (unpaired) electrons. The fraction of sp³-hybridized carbons (Fsp3) is 0.737. The van der Waals surface area contributed by atoms with Crippen molar-refractivity contribution in [3.63, 3.8) is 0 Å². The number of nitrogens with zero attached hydrogens (tertiary/aromatic N) is 1. The number of nitrogens with one attached hydrogen (secondary N) is 2. The predicted octanol–water partition coefficient (Wildman–Crippen LogP) is 3.16. The molecule has 2 N–H and O–H groups in total. The highest BCUT2D eigenvalue weighted by molar-refractivity contribution is 5.81. The average molecular weight is 331 g/mol. The maximum Gasteiger partial charge on any atom is 0.192 e. The van der Waals surface area contributed by atoms with E-state index in [2.05, 4.69) is 29.5 Å². The van der Waals surface area contributed by atoms with Crippen LogP contribution in [0.25, 0.3) is 0 Å². The Balaban J connectivity index is 1.45. The Morgan fingerprint density at radius 3 is 2.88 bits per heavy atom. The van der Waals surface area contributed by atoms with Gasteiger partial charge in [0.25, 0.3) is 0 Å². The lowest BCUT2D eigenvalue weighted by Gasteiger charge is -2.63. The van der Waals surface area contributed by atoms with Gasteiger partial charge in [-0.05, 0) is 52.2 Å². The third kappa shape index (κ3) is 2.44. The number of guanidine groups is 1. The van der Waals surface area contributed by atoms with E-state index in [9.17, 15) is 0 Å². The Hall–Kier alpha value is -1.49. The number of ether oxygens (including phenoxy) is 1. The van der Waals surface area contributed by atoms with Gasteiger partial charge in [-0.15, -0.1) is 0 Å². The number of hydrogen-bond donors (Lipinski definition) is 2. The highest BCUT2D eigenvalue weighted by atomic mass is 16.5. The number of rotatable bonds is 4. The molecule has 0 bridgehead atoms. The Morgan fingerprint density at radius 2 is 2.25 bits per heavy atom. The van der Waals surface area contributed by atoms with Crippen LogP contribution in [0.1, 0.15) is 57.1 Å². The third-order valence-corrected chi connectivity index (χ3v) is 6.19. The van der Waals surface area contributed by atoms with Crippen LogP contribution in [0.5, 0.6) is 0 Å². The molecule has 4 rings (SSSR count). The predicted molar refractivity (Wildman–Crippen MR) is 94.0 cm³/mol. The van der Waals surface area contributed by atoms with E-state index in [0.29, 0.717) is 23.5 Å². The molecule has 0 aromatic carbocycles. The second-order valence-corrected chi connectivity index (χ2v) is 7.59. The summed E-state index contributed by atoms with van der Waals surface area (Å²) in [6, 6.07) is 4.65. The fourth-order valence-electron chi connectivity index (χ4n) is 4.86. The second-order valence-electron chi connectivity index (χ2n) is 7.59. The Bertz CT molecular complexity index is 620. The van der Waals surface area contributed by atoms with E-state index >= 15 is 0 Å². The lowest BCUT2D eigenvalue weighted by molar-refractivity contribution is -0.171. The van der Waals surface area contributed by atoms with Gasteiger partial charge < -0.3 is 19.8 Å². The summed E-state index contributed by atoms with van der Waals surface area (Å²) < 4.78 is 11.8. The highest BCUT2D eigenvalue weighted by Crippen LogP contribution is 2.62. The van der Waals surface area contributed by atoms with Crippen molar-refractivity contribution in [2.75, 3.05) is 13.2 Å². The molecule has 3 fully saturated rings. The average Bonchev–Trinajstić information content (AvgIpc) is 3.11. The molecule has 3 aliphatic rings. The molecule has 24 heavy (non-hydrogen) atoms. The molecule has 5 heteroatoms. The molecule has 1 aliphatic heterocycles. The first kappa shape index (κ1) is 16.0. The Morgan fingerprint density at radius 1 is 1.42 bits per heavy atom. The molecule has 1 spiro atoms. The first-order valence-corrected chi connectivity index (χ1v) is 9.39. The summed E-state index contributed by atoms with van der Waals surface area (Å²) in [5, 5.41) is 7.26. The molecule has 132 valence electrons. The molecule has 2 aliphatic carbocycles. The van der Waals surface area contributed by atoms with Gasteiger partial charge in [-0.1, -0.05) is 6.42 Å². The molecular weight excluding hydrogens is 302 g/mol. The summed E-state index contributed by atoms with van der Waals surface area (Å²) in [5.41, 5.74) is 0.363. The third-order valence-electron chi connectivity index (χ3n) is 6.19. The number of aliphatic imine (C=N–C) groups is 1. The number of hydrogen-bond acceptors (Lipinski definition) is 3. The minimum absolute atomic E-state index is 0.101. The van der Waals surface area contributed by atoms with Crippen LogP contribution in [0.15, 0.2) is 21.5 Å². The standard InChI is InChI=1S/C19H29N3O2/c1-4-20-18(21-13(3)15-7-6-12(2)24-15)22-16-14-8-11-23-17(14)19(16)9-5-10-19/h6-7,13-14,16-17H,4-5,8-11H2,1-3H3,(H2,20,21,22). The summed E-state index contributed by atoms with van der Waals surface area (Å²) in [4.78, 5) is 4.67. The lowest BCUT2D eigenvalue weighted by atomic mass is 9.46. The van der Waals surface area contributed by atoms with Crippen LogP contribution >= 0.6 is 0 Å². The molecule has 0 amide bonds. The summed E-state index contributed by atoms with van der Waals surface area (Å²) in [7, 11) is 0. The highest BCUT2D eigenvalue weighted by Gasteiger charge is 2.66. The van der Waals surface area contributed by atoms with Crippen molar-refractivity contribution < 1.29 is 9.15 Å². The van der Waals surface area contributed by atoms with Gasteiger partial charge in [0.2, 0.25) is 0 Å². The molecule has 1 aromatic heterocycles. The largest absolute Gasteiger partial charge is 0.464 e. The van der Waals surface area contributed by atoms with Gasteiger partial charge in [0, 0.05) is 30.5 Å². The first-order valence-electron chi connectivity index (χ1n) is 9.39. The molecule has 4 atom stereocenters. The van der Waals surface area contributed by atoms with Gasteiger partial charge >= 0.3 is 0 Å². The minimum atomic E-state index is 0.101. The smallest absolute Gasteiger partial charge is 0.192 e. The number of aryl methyl sites for hydroxylation is 1. The summed E-state index contributed by atoms with van der Waals surface area (Å²) in [6.45, 7) is 7.86. The first-order chi connectivity index (χ1) is 11.6. The van der Waals surface area contributed by atoms with Gasteiger partial charge in [0.1, 0.15) is 11.5 Å². The number of fused-ring (bicyclic) bond motifs is 2. The topological polar surface area (TPSA) is 58.8 Å². The molecule has 2 heterocycles. The SMILES string of the molecule is CCN=C(NC(C)c1ccc(C)o1)NC1C2CCOC2C12CCC2. The number of furan rings is 1. The van der Waals surface area contributed by atoms with Gasteiger partial charge in [-0.3, -0.25) is 4.99 Å². The molecule has 1 saturated heterocycles. The van der Waals surface area contributed by atoms with Crippen molar-refractivity contribution in [2.45, 2.75) is 64.6 Å². The van der Waals surface area contributed by atoms with E-state index in [1.807, 2.05) is 19.1 Å². The quantitative estimate of drug-likeness (QED) is 0.657. The van der Waals surface area contributed by atoms with Crippen LogP contribution in [0.4, 0.5) is 0 Å². The summed E-state index contributed by atoms with van der Waals surface area (Å²) in [5.74, 6) is 3.45. The zero-order valence-corrected chi connectivity index (χ0v) is 15.0. The van der Waals surface area contributed by atoms with Gasteiger partial charge in [-0.2, -0.15) is 0 Å². The molecule has 1 aromatic rings. The maximum absolute atomic E-state index is 6.02. The van der Waals surface area contributed by atoms with Gasteiger partial charge in [-0.25, -0.2) is 0 Å². The fourth-order valence-corrected chi connectivity index (χ4v) is 4.86. The minimum Gasteiger partial charge on any atom is -0.464 e. The normalized spacial score (nSPS) is 32.0. The van der Waals surface area contributed by atoms with Crippen molar-refractivity contribution in [3.05, 3.63) is 23.7 Å². The van der Waals surface area contributed by atoms with E-state index < -0.39 is 0 Å². The van der Waals surface area contributed by atoms with Crippen LogP contribution in [0.2, 0.25) is 0 Å². The zero-order chi connectivity index (χ0) is 16.7. The van der Waals surface area contributed by atoms with Gasteiger partial charge in [0.15, 0.2) is 5.96 Å². The molecule has 5 nitrogen and oxygen atoms in total. The van der Waals surface area contributed by atoms with E-state index in [1.54, 1.807) is 0 Å². The van der Waals surface area contributed by atoms with Crippen molar-refractivity contribution in [2.24, 2.45) is 16.3 Å². The van der Waals surface area contributed by atoms with Gasteiger partial charge in [0.05, 0.1) is 12.1 Å². The van der Waals surface area contributed by atoms with E-state index in [4.69, 9.17) is 9.15 Å². The van der Waals surface area contributed by atoms with Crippen molar-refractivity contribution in [1.82, 2.24) is 10.6 Å². The zero-order valence-electron chi connectivity index (χ0n) is 15.0. The van der Waals surface area contributed by atoms with Crippen LogP contribution in [-0.2, 0) is 4.74 Å². The monoisotopic (exact) mass is 331 g/mol. The second kappa shape index (κ2) is 6.10. The summed E-state index contributed by atoms with van der Waals surface area (Å²) in [6.07, 6.45) is 5.57. The van der Waals surface area contributed by atoms with Crippen LogP contribution in [0.3, 0.4) is 0 Å². The van der Waals surface area contributed by atoms with E-state index in [1.165, 1.54) is 25.7 Å². The van der Waals surface area contributed by atoms with Crippen molar-refractivity contribution >= 4 is 5.96 Å². The van der Waals surface area contributed by atoms with Crippen molar-refractivity contribution in [1.29, 1.82) is 0 Å². The molecular formula is C19H29N3O2. The van der Waals surface area contributed by atoms with Crippen LogP contribution in [-0.4, -0.2) is 31.3 Å². The van der Waals surface area contributed by atoms with Crippen molar-refractivity contribution in [3.8, 4) is 0 Å². The lowest BCUT2D eigenvalue weighted by Crippen LogP contribution is -2.72. The molecule has 2 saturated carbocycles. The van der Waals surface area contributed by atoms with E-state index in [0.717, 1.165) is 30.6 Å². The Labute approximate surface area is 144 Å². The maximum atomic E-state index is 6.02.